The second-order valence-electron chi connectivity index (χ2n) is 6.51. The highest BCUT2D eigenvalue weighted by molar-refractivity contribution is 7.89. The Balaban J connectivity index is 1.65. The van der Waals surface area contributed by atoms with Crippen LogP contribution in [0.15, 0.2) is 33.7 Å². The van der Waals surface area contributed by atoms with Crippen molar-refractivity contribution in [2.75, 3.05) is 18.4 Å². The quantitative estimate of drug-likeness (QED) is 0.858. The van der Waals surface area contributed by atoms with Crippen molar-refractivity contribution >= 4 is 21.6 Å². The Kier molecular flexibility index (Phi) is 5.30. The van der Waals surface area contributed by atoms with Crippen LogP contribution in [0, 0.1) is 31.1 Å². The van der Waals surface area contributed by atoms with Crippen LogP contribution in [0.25, 0.3) is 0 Å². The first kappa shape index (κ1) is 19.1. The molecule has 2 aromatic rings. The SMILES string of the molecule is Cc1noc(C)c1S(=O)(=O)N1CCC(C(=O)Nc2cccc(C#N)c2)CC1. The van der Waals surface area contributed by atoms with Gasteiger partial charge in [0.25, 0.3) is 0 Å². The average molecular weight is 388 g/mol. The van der Waals surface area contributed by atoms with Gasteiger partial charge in [-0.3, -0.25) is 4.79 Å². The summed E-state index contributed by atoms with van der Waals surface area (Å²) in [6, 6.07) is 8.71. The van der Waals surface area contributed by atoms with Gasteiger partial charge in [-0.05, 0) is 44.9 Å². The van der Waals surface area contributed by atoms with Crippen LogP contribution in [0.1, 0.15) is 29.9 Å². The molecule has 1 aromatic heterocycles. The van der Waals surface area contributed by atoms with Crippen molar-refractivity contribution in [3.05, 3.63) is 41.3 Å². The Hall–Kier alpha value is -2.70. The van der Waals surface area contributed by atoms with Crippen molar-refractivity contribution in [2.24, 2.45) is 5.92 Å². The van der Waals surface area contributed by atoms with Crippen LogP contribution in [-0.2, 0) is 14.8 Å². The summed E-state index contributed by atoms with van der Waals surface area (Å²) in [4.78, 5) is 12.6. The molecular formula is C18H20N4O4S. The van der Waals surface area contributed by atoms with Crippen molar-refractivity contribution in [2.45, 2.75) is 31.6 Å². The lowest BCUT2D eigenvalue weighted by Gasteiger charge is -2.30. The molecule has 0 saturated carbocycles. The molecule has 0 radical (unpaired) electrons. The predicted octanol–water partition coefficient (Wildman–Crippen LogP) is 2.20. The summed E-state index contributed by atoms with van der Waals surface area (Å²) in [7, 11) is -3.69. The molecule has 9 heteroatoms. The lowest BCUT2D eigenvalue weighted by atomic mass is 9.97. The summed E-state index contributed by atoms with van der Waals surface area (Å²) in [6.45, 7) is 3.67. The fourth-order valence-corrected chi connectivity index (χ4v) is 5.00. The fraction of sp³-hybridized carbons (Fsp3) is 0.389. The van der Waals surface area contributed by atoms with Gasteiger partial charge >= 0.3 is 0 Å². The van der Waals surface area contributed by atoms with E-state index in [2.05, 4.69) is 10.5 Å². The third kappa shape index (κ3) is 3.86. The molecule has 3 rings (SSSR count). The normalized spacial score (nSPS) is 16.0. The number of nitrogens with zero attached hydrogens (tertiary/aromatic N) is 3. The van der Waals surface area contributed by atoms with Crippen LogP contribution in [0.3, 0.4) is 0 Å². The lowest BCUT2D eigenvalue weighted by Crippen LogP contribution is -2.41. The van der Waals surface area contributed by atoms with Gasteiger partial charge in [0.15, 0.2) is 5.76 Å². The Morgan fingerprint density at radius 3 is 2.63 bits per heavy atom. The molecule has 1 saturated heterocycles. The zero-order chi connectivity index (χ0) is 19.6. The average Bonchev–Trinajstić information content (AvgIpc) is 3.01. The molecule has 0 unspecified atom stereocenters. The van der Waals surface area contributed by atoms with Crippen molar-refractivity contribution < 1.29 is 17.7 Å². The van der Waals surface area contributed by atoms with Crippen LogP contribution in [-0.4, -0.2) is 36.9 Å². The molecule has 0 aliphatic carbocycles. The van der Waals surface area contributed by atoms with Gasteiger partial charge in [-0.15, -0.1) is 0 Å². The summed E-state index contributed by atoms with van der Waals surface area (Å²) in [6.07, 6.45) is 0.846. The minimum absolute atomic E-state index is 0.110. The van der Waals surface area contributed by atoms with E-state index in [-0.39, 0.29) is 35.6 Å². The maximum absolute atomic E-state index is 12.8. The number of amides is 1. The van der Waals surface area contributed by atoms with Crippen molar-refractivity contribution in [1.82, 2.24) is 9.46 Å². The molecule has 0 bridgehead atoms. The Bertz CT molecular complexity index is 979. The van der Waals surface area contributed by atoms with Crippen LogP contribution in [0.2, 0.25) is 0 Å². The van der Waals surface area contributed by atoms with Gasteiger partial charge in [0.1, 0.15) is 10.6 Å². The number of aromatic nitrogens is 1. The zero-order valence-corrected chi connectivity index (χ0v) is 15.9. The molecule has 2 heterocycles. The van der Waals surface area contributed by atoms with Crippen molar-refractivity contribution in [3.63, 3.8) is 0 Å². The Morgan fingerprint density at radius 2 is 2.04 bits per heavy atom. The number of aryl methyl sites for hydroxylation is 2. The first-order valence-corrected chi connectivity index (χ1v) is 10.0. The number of piperidine rings is 1. The van der Waals surface area contributed by atoms with E-state index in [1.165, 1.54) is 4.31 Å². The fourth-order valence-electron chi connectivity index (χ4n) is 3.24. The van der Waals surface area contributed by atoms with E-state index in [4.69, 9.17) is 9.78 Å². The highest BCUT2D eigenvalue weighted by atomic mass is 32.2. The predicted molar refractivity (Wildman–Crippen MR) is 97.2 cm³/mol. The molecule has 1 fully saturated rings. The summed E-state index contributed by atoms with van der Waals surface area (Å²) < 4.78 is 32.0. The number of hydrogen-bond acceptors (Lipinski definition) is 6. The molecule has 0 spiro atoms. The van der Waals surface area contributed by atoms with Gasteiger partial charge in [0, 0.05) is 24.7 Å². The summed E-state index contributed by atoms with van der Waals surface area (Å²) in [5.74, 6) is -0.184. The highest BCUT2D eigenvalue weighted by Crippen LogP contribution is 2.28. The molecule has 142 valence electrons. The minimum atomic E-state index is -3.69. The second-order valence-corrected chi connectivity index (χ2v) is 8.39. The van der Waals surface area contributed by atoms with E-state index in [0.717, 1.165) is 0 Å². The lowest BCUT2D eigenvalue weighted by molar-refractivity contribution is -0.120. The number of sulfonamides is 1. The minimum Gasteiger partial charge on any atom is -0.360 e. The standard InChI is InChI=1S/C18H20N4O4S/c1-12-17(13(2)26-21-12)27(24,25)22-8-6-15(7-9-22)18(23)20-16-5-3-4-14(10-16)11-19/h3-5,10,15H,6-9H2,1-2H3,(H,20,23). The molecule has 8 nitrogen and oxygen atoms in total. The van der Waals surface area contributed by atoms with Gasteiger partial charge in [-0.2, -0.15) is 9.57 Å². The highest BCUT2D eigenvalue weighted by Gasteiger charge is 2.35. The summed E-state index contributed by atoms with van der Waals surface area (Å²) in [5, 5.41) is 15.4. The molecule has 1 amide bonds. The van der Waals surface area contributed by atoms with E-state index in [0.29, 0.717) is 29.8 Å². The number of benzene rings is 1. The van der Waals surface area contributed by atoms with E-state index in [1.54, 1.807) is 38.1 Å². The summed E-state index contributed by atoms with van der Waals surface area (Å²) >= 11 is 0. The second kappa shape index (κ2) is 7.50. The van der Waals surface area contributed by atoms with Crippen LogP contribution < -0.4 is 5.32 Å². The molecule has 1 aliphatic heterocycles. The number of carbonyl (C=O) groups excluding carboxylic acids is 1. The molecule has 1 aliphatic rings. The number of rotatable bonds is 4. The van der Waals surface area contributed by atoms with E-state index >= 15 is 0 Å². The molecule has 0 atom stereocenters. The number of nitrogens with one attached hydrogen (secondary N) is 1. The Morgan fingerprint density at radius 1 is 1.33 bits per heavy atom. The molecular weight excluding hydrogens is 368 g/mol. The van der Waals surface area contributed by atoms with Gasteiger partial charge in [0.2, 0.25) is 15.9 Å². The molecule has 1 aromatic carbocycles. The largest absolute Gasteiger partial charge is 0.360 e. The topological polar surface area (TPSA) is 116 Å². The van der Waals surface area contributed by atoms with Gasteiger partial charge in [-0.1, -0.05) is 11.2 Å². The van der Waals surface area contributed by atoms with E-state index in [1.807, 2.05) is 6.07 Å². The third-order valence-corrected chi connectivity index (χ3v) is 6.79. The first-order valence-electron chi connectivity index (χ1n) is 8.57. The maximum Gasteiger partial charge on any atom is 0.248 e. The van der Waals surface area contributed by atoms with Crippen LogP contribution in [0.5, 0.6) is 0 Å². The number of hydrogen-bond donors (Lipinski definition) is 1. The molecule has 1 N–H and O–H groups in total. The van der Waals surface area contributed by atoms with E-state index < -0.39 is 10.0 Å². The number of carbonyl (C=O) groups is 1. The monoisotopic (exact) mass is 388 g/mol. The summed E-state index contributed by atoms with van der Waals surface area (Å²) in [5.41, 5.74) is 1.36. The first-order chi connectivity index (χ1) is 12.8. The smallest absolute Gasteiger partial charge is 0.248 e. The number of nitriles is 1. The van der Waals surface area contributed by atoms with Gasteiger partial charge < -0.3 is 9.84 Å². The third-order valence-electron chi connectivity index (χ3n) is 4.65. The van der Waals surface area contributed by atoms with Crippen LogP contribution in [0.4, 0.5) is 5.69 Å². The van der Waals surface area contributed by atoms with Crippen molar-refractivity contribution in [1.29, 1.82) is 5.26 Å². The number of anilines is 1. The maximum atomic E-state index is 12.8. The van der Waals surface area contributed by atoms with Crippen LogP contribution >= 0.6 is 0 Å². The van der Waals surface area contributed by atoms with Gasteiger partial charge in [-0.25, -0.2) is 8.42 Å². The zero-order valence-electron chi connectivity index (χ0n) is 15.1. The van der Waals surface area contributed by atoms with E-state index in [9.17, 15) is 13.2 Å². The molecule has 27 heavy (non-hydrogen) atoms. The van der Waals surface area contributed by atoms with Gasteiger partial charge in [0.05, 0.1) is 11.6 Å². The Labute approximate surface area is 157 Å². The van der Waals surface area contributed by atoms with Crippen molar-refractivity contribution in [3.8, 4) is 6.07 Å².